The lowest BCUT2D eigenvalue weighted by molar-refractivity contribution is 0.0694. The first-order valence-electron chi connectivity index (χ1n) is 5.85. The molecule has 1 atom stereocenters. The molecule has 0 aromatic carbocycles. The summed E-state index contributed by atoms with van der Waals surface area (Å²) >= 11 is 5.85. The molecule has 7 heteroatoms. The highest BCUT2D eigenvalue weighted by molar-refractivity contribution is 6.32. The Hall–Kier alpha value is -2.08. The zero-order chi connectivity index (χ0) is 14.6. The SMILES string of the molecule is C[C@H]1COc2c(Cl)c(F)cn3c(=O)c(C(=O)O)cc1c23. The van der Waals surface area contributed by atoms with Crippen molar-refractivity contribution in [2.45, 2.75) is 12.8 Å². The van der Waals surface area contributed by atoms with E-state index in [1.165, 1.54) is 6.07 Å². The average Bonchev–Trinajstić information content (AvgIpc) is 2.39. The van der Waals surface area contributed by atoms with Gasteiger partial charge in [0.2, 0.25) is 0 Å². The lowest BCUT2D eigenvalue weighted by Gasteiger charge is -2.25. The first kappa shape index (κ1) is 12.9. The average molecular weight is 298 g/mol. The van der Waals surface area contributed by atoms with Gasteiger partial charge < -0.3 is 9.84 Å². The topological polar surface area (TPSA) is 68.0 Å². The van der Waals surface area contributed by atoms with Crippen LogP contribution in [0.5, 0.6) is 5.75 Å². The van der Waals surface area contributed by atoms with E-state index in [-0.39, 0.29) is 23.3 Å². The van der Waals surface area contributed by atoms with Crippen molar-refractivity contribution >= 4 is 23.1 Å². The van der Waals surface area contributed by atoms with Gasteiger partial charge in [0.25, 0.3) is 5.56 Å². The molecule has 1 aliphatic rings. The number of pyridine rings is 2. The summed E-state index contributed by atoms with van der Waals surface area (Å²) in [6, 6.07) is 1.31. The van der Waals surface area contributed by atoms with Crippen molar-refractivity contribution in [3.8, 4) is 5.75 Å². The molecule has 0 saturated heterocycles. The van der Waals surface area contributed by atoms with Crippen LogP contribution < -0.4 is 10.3 Å². The van der Waals surface area contributed by atoms with Crippen LogP contribution in [0.15, 0.2) is 17.1 Å². The molecule has 0 saturated carbocycles. The fourth-order valence-corrected chi connectivity index (χ4v) is 2.55. The molecular weight excluding hydrogens is 289 g/mol. The highest BCUT2D eigenvalue weighted by atomic mass is 35.5. The van der Waals surface area contributed by atoms with Gasteiger partial charge in [-0.1, -0.05) is 18.5 Å². The number of rotatable bonds is 1. The van der Waals surface area contributed by atoms with Crippen molar-refractivity contribution in [1.82, 2.24) is 4.40 Å². The monoisotopic (exact) mass is 297 g/mol. The first-order chi connectivity index (χ1) is 9.41. The van der Waals surface area contributed by atoms with Gasteiger partial charge in [0.05, 0.1) is 18.3 Å². The summed E-state index contributed by atoms with van der Waals surface area (Å²) < 4.78 is 20.1. The Morgan fingerprint density at radius 1 is 1.60 bits per heavy atom. The zero-order valence-electron chi connectivity index (χ0n) is 10.3. The summed E-state index contributed by atoms with van der Waals surface area (Å²) in [6.07, 6.45) is 0.890. The smallest absolute Gasteiger partial charge is 0.341 e. The fourth-order valence-electron chi connectivity index (χ4n) is 2.36. The van der Waals surface area contributed by atoms with Crippen LogP contribution in [0.3, 0.4) is 0 Å². The summed E-state index contributed by atoms with van der Waals surface area (Å²) in [5.41, 5.74) is -0.292. The van der Waals surface area contributed by atoms with E-state index in [1.807, 2.05) is 6.92 Å². The molecule has 3 heterocycles. The van der Waals surface area contributed by atoms with Crippen molar-refractivity contribution < 1.29 is 19.0 Å². The number of carbonyl (C=O) groups is 1. The van der Waals surface area contributed by atoms with E-state index < -0.39 is 22.9 Å². The molecule has 5 nitrogen and oxygen atoms in total. The van der Waals surface area contributed by atoms with Gasteiger partial charge in [0.15, 0.2) is 11.6 Å². The first-order valence-corrected chi connectivity index (χ1v) is 6.23. The molecule has 0 spiro atoms. The van der Waals surface area contributed by atoms with Crippen LogP contribution in [-0.2, 0) is 0 Å². The molecule has 104 valence electrons. The second kappa shape index (κ2) is 4.21. The van der Waals surface area contributed by atoms with Gasteiger partial charge in [0, 0.05) is 5.92 Å². The Balaban J connectivity index is 2.57. The highest BCUT2D eigenvalue weighted by Gasteiger charge is 2.27. The van der Waals surface area contributed by atoms with Crippen molar-refractivity contribution in [2.24, 2.45) is 0 Å². The summed E-state index contributed by atoms with van der Waals surface area (Å²) in [4.78, 5) is 23.2. The fraction of sp³-hybridized carbons (Fsp3) is 0.231. The molecule has 0 bridgehead atoms. The maximum absolute atomic E-state index is 13.7. The molecule has 1 N–H and O–H groups in total. The Morgan fingerprint density at radius 2 is 2.30 bits per heavy atom. The minimum atomic E-state index is -1.35. The third-order valence-electron chi connectivity index (χ3n) is 3.37. The van der Waals surface area contributed by atoms with Gasteiger partial charge >= 0.3 is 5.97 Å². The number of aromatic carboxylic acids is 1. The van der Waals surface area contributed by atoms with Gasteiger partial charge in [-0.05, 0) is 11.6 Å². The number of hydrogen-bond donors (Lipinski definition) is 1. The van der Waals surface area contributed by atoms with Crippen molar-refractivity contribution in [3.05, 3.63) is 44.6 Å². The van der Waals surface area contributed by atoms with Crippen LogP contribution in [-0.4, -0.2) is 22.1 Å². The number of ether oxygens (including phenoxy) is 1. The van der Waals surface area contributed by atoms with E-state index in [2.05, 4.69) is 0 Å². The van der Waals surface area contributed by atoms with Crippen molar-refractivity contribution in [1.29, 1.82) is 0 Å². The highest BCUT2D eigenvalue weighted by Crippen LogP contribution is 2.39. The predicted molar refractivity (Wildman–Crippen MR) is 69.5 cm³/mol. The Kier molecular flexibility index (Phi) is 2.72. The number of carboxylic acid groups (broad SMARTS) is 1. The number of carboxylic acids is 1. The molecule has 2 aromatic rings. The molecule has 2 aromatic heterocycles. The minimum Gasteiger partial charge on any atom is -0.489 e. The minimum absolute atomic E-state index is 0.0776. The van der Waals surface area contributed by atoms with Crippen LogP contribution >= 0.6 is 11.6 Å². The maximum Gasteiger partial charge on any atom is 0.341 e. The molecule has 20 heavy (non-hydrogen) atoms. The molecular formula is C13H9ClFNO4. The molecule has 0 fully saturated rings. The third-order valence-corrected chi connectivity index (χ3v) is 3.72. The van der Waals surface area contributed by atoms with E-state index >= 15 is 0 Å². The van der Waals surface area contributed by atoms with Gasteiger partial charge in [0.1, 0.15) is 10.6 Å². The second-order valence-electron chi connectivity index (χ2n) is 4.67. The number of halogens is 2. The van der Waals surface area contributed by atoms with Gasteiger partial charge in [-0.15, -0.1) is 0 Å². The number of nitrogens with zero attached hydrogens (tertiary/aromatic N) is 1. The number of aromatic nitrogens is 1. The van der Waals surface area contributed by atoms with Gasteiger partial charge in [-0.25, -0.2) is 9.18 Å². The summed E-state index contributed by atoms with van der Waals surface area (Å²) in [6.45, 7) is 2.06. The molecule has 0 unspecified atom stereocenters. The van der Waals surface area contributed by atoms with E-state index in [0.717, 1.165) is 10.6 Å². The van der Waals surface area contributed by atoms with Crippen LogP contribution in [0.2, 0.25) is 5.02 Å². The van der Waals surface area contributed by atoms with E-state index in [1.54, 1.807) is 0 Å². The van der Waals surface area contributed by atoms with E-state index in [0.29, 0.717) is 11.1 Å². The molecule has 0 aliphatic carbocycles. The predicted octanol–water partition coefficient (Wildman–Crippen LogP) is 2.29. The Bertz CT molecular complexity index is 814. The molecule has 3 rings (SSSR count). The van der Waals surface area contributed by atoms with Crippen molar-refractivity contribution in [2.75, 3.05) is 6.61 Å². The Morgan fingerprint density at radius 3 is 2.95 bits per heavy atom. The molecule has 1 aliphatic heterocycles. The quantitative estimate of drug-likeness (QED) is 0.877. The van der Waals surface area contributed by atoms with Crippen LogP contribution in [0.4, 0.5) is 4.39 Å². The third kappa shape index (κ3) is 1.61. The maximum atomic E-state index is 13.7. The van der Waals surface area contributed by atoms with Gasteiger partial charge in [-0.2, -0.15) is 0 Å². The summed E-state index contributed by atoms with van der Waals surface area (Å²) in [7, 11) is 0. The van der Waals surface area contributed by atoms with E-state index in [4.69, 9.17) is 21.4 Å². The largest absolute Gasteiger partial charge is 0.489 e. The Labute approximate surface area is 117 Å². The standard InChI is InChI=1S/C13H9ClFNO4/c1-5-4-20-11-9(14)8(15)3-16-10(11)6(5)2-7(12(16)17)13(18)19/h2-3,5H,4H2,1H3,(H,18,19)/t5-/m0/s1. The zero-order valence-corrected chi connectivity index (χ0v) is 11.1. The van der Waals surface area contributed by atoms with Crippen LogP contribution in [0, 0.1) is 5.82 Å². The van der Waals surface area contributed by atoms with Crippen LogP contribution in [0.25, 0.3) is 5.52 Å². The summed E-state index contributed by atoms with van der Waals surface area (Å²) in [5.74, 6) is -2.23. The van der Waals surface area contributed by atoms with E-state index in [9.17, 15) is 14.0 Å². The normalized spacial score (nSPS) is 17.1. The molecule has 0 radical (unpaired) electrons. The van der Waals surface area contributed by atoms with Crippen molar-refractivity contribution in [3.63, 3.8) is 0 Å². The second-order valence-corrected chi connectivity index (χ2v) is 5.05. The lowest BCUT2D eigenvalue weighted by Crippen LogP contribution is -2.27. The van der Waals surface area contributed by atoms with Crippen LogP contribution in [0.1, 0.15) is 28.8 Å². The van der Waals surface area contributed by atoms with Gasteiger partial charge in [-0.3, -0.25) is 9.20 Å². The molecule has 0 amide bonds. The lowest BCUT2D eigenvalue weighted by atomic mass is 9.97. The summed E-state index contributed by atoms with van der Waals surface area (Å²) in [5, 5.41) is 8.87. The number of hydrogen-bond acceptors (Lipinski definition) is 3.